The molecule has 0 saturated carbocycles. The molecule has 7 heteroatoms. The Labute approximate surface area is 210 Å². The van der Waals surface area contributed by atoms with Crippen LogP contribution in [-0.4, -0.2) is 13.1 Å². The van der Waals surface area contributed by atoms with Crippen LogP contribution in [0.4, 0.5) is 0 Å². The third kappa shape index (κ3) is 59.6. The van der Waals surface area contributed by atoms with Gasteiger partial charge in [0.25, 0.3) is 0 Å². The molecular formula is C26H60N2O4W. The SMILES string of the molecule is CCCCCCCCCCCCC[NH3+].CCCCCCCCCCCCC[NH3+].[O]=[W](=[O])([O-])[O-]. The molecule has 0 atom stereocenters. The molecule has 0 radical (unpaired) electrons. The molecular weight excluding hydrogens is 588 g/mol. The summed E-state index contributed by atoms with van der Waals surface area (Å²) in [4.78, 5) is 0. The quantitative estimate of drug-likeness (QED) is 0.168. The zero-order chi connectivity index (χ0) is 25.5. The van der Waals surface area contributed by atoms with E-state index < -0.39 is 16.7 Å². The van der Waals surface area contributed by atoms with Crippen molar-refractivity contribution in [2.45, 2.75) is 155 Å². The summed E-state index contributed by atoms with van der Waals surface area (Å²) in [5.41, 5.74) is 7.72. The molecule has 0 unspecified atom stereocenters. The van der Waals surface area contributed by atoms with Crippen LogP contribution in [0.3, 0.4) is 0 Å². The van der Waals surface area contributed by atoms with E-state index in [0.717, 1.165) is 13.1 Å². The van der Waals surface area contributed by atoms with Gasteiger partial charge in [-0.15, -0.1) is 0 Å². The molecule has 0 aromatic carbocycles. The zero-order valence-corrected chi connectivity index (χ0v) is 25.4. The van der Waals surface area contributed by atoms with Gasteiger partial charge >= 0.3 is 31.1 Å². The first-order valence-electron chi connectivity index (χ1n) is 14.1. The standard InChI is InChI=1S/2C13H29N.4O.W/c2*1-2-3-4-5-6-7-8-9-10-11-12-13-14;;;;;/h2*2-14H2,1H3;;;;;/q;;;;2*-1;/p+2. The summed E-state index contributed by atoms with van der Waals surface area (Å²) < 4.78 is 34.6. The number of hydrogen-bond donors (Lipinski definition) is 2. The van der Waals surface area contributed by atoms with Crippen molar-refractivity contribution in [1.29, 1.82) is 0 Å². The van der Waals surface area contributed by atoms with E-state index in [1.165, 1.54) is 141 Å². The number of quaternary nitrogens is 2. The molecule has 0 heterocycles. The summed E-state index contributed by atoms with van der Waals surface area (Å²) in [5, 5.41) is 0. The Morgan fingerprint density at radius 3 is 0.727 bits per heavy atom. The first-order chi connectivity index (χ1) is 15.8. The van der Waals surface area contributed by atoms with Crippen LogP contribution in [0, 0.1) is 0 Å². The monoisotopic (exact) mass is 648 g/mol. The molecule has 0 bridgehead atoms. The molecule has 6 nitrogen and oxygen atoms in total. The summed E-state index contributed by atoms with van der Waals surface area (Å²) in [6, 6.07) is 0. The topological polar surface area (TPSA) is 136 Å². The van der Waals surface area contributed by atoms with Gasteiger partial charge in [-0.05, 0) is 25.7 Å². The second-order valence-corrected chi connectivity index (χ2v) is 12.1. The van der Waals surface area contributed by atoms with Gasteiger partial charge in [0.05, 0.1) is 13.1 Å². The van der Waals surface area contributed by atoms with E-state index in [2.05, 4.69) is 25.3 Å². The van der Waals surface area contributed by atoms with E-state index in [1.54, 1.807) is 0 Å². The van der Waals surface area contributed by atoms with Crippen molar-refractivity contribution in [3.05, 3.63) is 0 Å². The minimum atomic E-state index is -6.17. The van der Waals surface area contributed by atoms with Crippen LogP contribution in [0.25, 0.3) is 0 Å². The zero-order valence-electron chi connectivity index (χ0n) is 22.4. The molecule has 0 fully saturated rings. The second-order valence-electron chi connectivity index (χ2n) is 9.19. The van der Waals surface area contributed by atoms with E-state index in [4.69, 9.17) is 14.3 Å². The predicted octanol–water partition coefficient (Wildman–Crippen LogP) is 4.46. The second kappa shape index (κ2) is 34.3. The Hall–Kier alpha value is 0.128. The van der Waals surface area contributed by atoms with E-state index in [0.29, 0.717) is 0 Å². The fourth-order valence-electron chi connectivity index (χ4n) is 3.68. The van der Waals surface area contributed by atoms with Crippen LogP contribution < -0.4 is 19.0 Å². The van der Waals surface area contributed by atoms with Crippen molar-refractivity contribution < 1.29 is 42.5 Å². The normalized spacial score (nSPS) is 10.8. The van der Waals surface area contributed by atoms with E-state index in [9.17, 15) is 0 Å². The van der Waals surface area contributed by atoms with Crippen LogP contribution in [-0.2, 0) is 23.5 Å². The van der Waals surface area contributed by atoms with Gasteiger partial charge in [-0.1, -0.05) is 129 Å². The van der Waals surface area contributed by atoms with Gasteiger partial charge in [-0.2, -0.15) is 0 Å². The van der Waals surface area contributed by atoms with Crippen LogP contribution in [0.2, 0.25) is 0 Å². The average Bonchev–Trinajstić information content (AvgIpc) is 2.76. The number of unbranched alkanes of at least 4 members (excludes halogenated alkanes) is 20. The van der Waals surface area contributed by atoms with Gasteiger partial charge in [0.1, 0.15) is 0 Å². The van der Waals surface area contributed by atoms with Gasteiger partial charge in [-0.3, -0.25) is 0 Å². The molecule has 204 valence electrons. The van der Waals surface area contributed by atoms with E-state index in [1.807, 2.05) is 0 Å². The van der Waals surface area contributed by atoms with Gasteiger partial charge in [0, 0.05) is 0 Å². The van der Waals surface area contributed by atoms with E-state index >= 15 is 0 Å². The maximum absolute atomic E-state index is 8.65. The van der Waals surface area contributed by atoms with Gasteiger partial charge in [0.2, 0.25) is 0 Å². The molecule has 0 aliphatic carbocycles. The summed E-state index contributed by atoms with van der Waals surface area (Å²) in [6.45, 7) is 6.80. The Bertz CT molecular complexity index is 365. The summed E-state index contributed by atoms with van der Waals surface area (Å²) in [7, 11) is 0. The Morgan fingerprint density at radius 2 is 0.576 bits per heavy atom. The molecule has 0 aromatic rings. The first-order valence-corrected chi connectivity index (χ1v) is 18.9. The number of hydrogen-bond acceptors (Lipinski definition) is 4. The molecule has 6 N–H and O–H groups in total. The molecule has 0 aliphatic heterocycles. The van der Waals surface area contributed by atoms with Crippen molar-refractivity contribution in [2.24, 2.45) is 0 Å². The minimum absolute atomic E-state index is 1.12. The summed E-state index contributed by atoms with van der Waals surface area (Å²) in [6.07, 6.45) is 31.5. The third-order valence-corrected chi connectivity index (χ3v) is 5.71. The third-order valence-electron chi connectivity index (χ3n) is 5.71. The van der Waals surface area contributed by atoms with Crippen molar-refractivity contribution >= 4 is 0 Å². The van der Waals surface area contributed by atoms with Crippen molar-refractivity contribution in [3.8, 4) is 0 Å². The molecule has 0 aromatic heterocycles. The fraction of sp³-hybridized carbons (Fsp3) is 1.00. The Morgan fingerprint density at radius 1 is 0.424 bits per heavy atom. The molecule has 0 spiro atoms. The van der Waals surface area contributed by atoms with Crippen LogP contribution in [0.1, 0.15) is 155 Å². The van der Waals surface area contributed by atoms with Crippen LogP contribution in [0.15, 0.2) is 0 Å². The Kier molecular flexibility index (Phi) is 39.2. The molecule has 33 heavy (non-hydrogen) atoms. The predicted molar refractivity (Wildman–Crippen MR) is 130 cm³/mol. The molecule has 0 saturated heterocycles. The number of rotatable bonds is 22. The average molecular weight is 649 g/mol. The van der Waals surface area contributed by atoms with Gasteiger partial charge in [0.15, 0.2) is 0 Å². The first kappa shape index (κ1) is 37.7. The maximum atomic E-state index is 8.65. The molecule has 0 rings (SSSR count). The van der Waals surface area contributed by atoms with Crippen molar-refractivity contribution in [1.82, 2.24) is 0 Å². The Balaban J connectivity index is -0.000000453. The molecule has 0 aliphatic rings. The van der Waals surface area contributed by atoms with Gasteiger partial charge in [-0.25, -0.2) is 0 Å². The molecule has 0 amide bonds. The van der Waals surface area contributed by atoms with Crippen LogP contribution in [0.5, 0.6) is 0 Å². The van der Waals surface area contributed by atoms with E-state index in [-0.39, 0.29) is 0 Å². The summed E-state index contributed by atoms with van der Waals surface area (Å²) in [5.74, 6) is 0. The van der Waals surface area contributed by atoms with Gasteiger partial charge < -0.3 is 11.5 Å². The van der Waals surface area contributed by atoms with Crippen molar-refractivity contribution in [2.75, 3.05) is 13.1 Å². The van der Waals surface area contributed by atoms with Crippen molar-refractivity contribution in [3.63, 3.8) is 0 Å². The summed E-state index contributed by atoms with van der Waals surface area (Å²) >= 11 is -6.17. The fourth-order valence-corrected chi connectivity index (χ4v) is 3.68. The van der Waals surface area contributed by atoms with Crippen LogP contribution >= 0.6 is 0 Å².